The normalized spacial score (nSPS) is 27.6. The van der Waals surface area contributed by atoms with Crippen molar-refractivity contribution < 1.29 is 9.90 Å². The first kappa shape index (κ1) is 14.8. The number of aliphatic carboxylic acids is 1. The fourth-order valence-corrected chi connectivity index (χ4v) is 4.98. The zero-order valence-corrected chi connectivity index (χ0v) is 13.6. The number of para-hydroxylation sites is 1. The van der Waals surface area contributed by atoms with Crippen LogP contribution in [0.3, 0.4) is 0 Å². The van der Waals surface area contributed by atoms with Crippen LogP contribution in [0.25, 0.3) is 10.9 Å². The van der Waals surface area contributed by atoms with Gasteiger partial charge in [0.25, 0.3) is 0 Å². The topological polar surface area (TPSA) is 56.3 Å². The molecule has 4 rings (SSSR count). The van der Waals surface area contributed by atoms with Crippen LogP contribution < -0.4 is 0 Å². The summed E-state index contributed by atoms with van der Waals surface area (Å²) in [4.78, 5) is 17.7. The molecular formula is C19H24N2O2. The van der Waals surface area contributed by atoms with E-state index in [4.69, 9.17) is 0 Å². The molecule has 1 fully saturated rings. The summed E-state index contributed by atoms with van der Waals surface area (Å²) in [6.45, 7) is 4.28. The molecule has 2 N–H and O–H groups in total. The highest BCUT2D eigenvalue weighted by Gasteiger charge is 2.48. The van der Waals surface area contributed by atoms with E-state index in [1.807, 2.05) is 0 Å². The van der Waals surface area contributed by atoms with Gasteiger partial charge in [0.2, 0.25) is 0 Å². The Balaban J connectivity index is 1.88. The molecule has 2 aliphatic rings. The van der Waals surface area contributed by atoms with Crippen molar-refractivity contribution in [2.75, 3.05) is 13.1 Å². The van der Waals surface area contributed by atoms with Crippen LogP contribution in [-0.2, 0) is 11.2 Å². The molecule has 0 bridgehead atoms. The van der Waals surface area contributed by atoms with Gasteiger partial charge in [-0.25, -0.2) is 0 Å². The third kappa shape index (κ3) is 2.19. The number of benzene rings is 1. The van der Waals surface area contributed by atoms with Crippen molar-refractivity contribution in [3.8, 4) is 0 Å². The lowest BCUT2D eigenvalue weighted by molar-refractivity contribution is -0.143. The van der Waals surface area contributed by atoms with Gasteiger partial charge in [-0.1, -0.05) is 25.1 Å². The smallest absolute Gasteiger partial charge is 0.303 e. The van der Waals surface area contributed by atoms with E-state index in [0.717, 1.165) is 38.8 Å². The molecule has 23 heavy (non-hydrogen) atoms. The summed E-state index contributed by atoms with van der Waals surface area (Å²) in [6, 6.07) is 8.69. The van der Waals surface area contributed by atoms with E-state index in [1.54, 1.807) is 0 Å². The van der Waals surface area contributed by atoms with Crippen molar-refractivity contribution in [3.05, 3.63) is 35.5 Å². The van der Waals surface area contributed by atoms with Crippen LogP contribution in [0, 0.1) is 5.41 Å². The number of fused-ring (bicyclic) bond motifs is 5. The Morgan fingerprint density at radius 2 is 2.22 bits per heavy atom. The highest BCUT2D eigenvalue weighted by atomic mass is 16.4. The van der Waals surface area contributed by atoms with E-state index in [0.29, 0.717) is 0 Å². The van der Waals surface area contributed by atoms with Crippen LogP contribution in [-0.4, -0.2) is 34.0 Å². The summed E-state index contributed by atoms with van der Waals surface area (Å²) in [7, 11) is 0. The largest absolute Gasteiger partial charge is 0.481 e. The zero-order chi connectivity index (χ0) is 16.0. The summed E-state index contributed by atoms with van der Waals surface area (Å²) in [5, 5.41) is 10.8. The molecule has 2 atom stereocenters. The Labute approximate surface area is 136 Å². The first-order valence-corrected chi connectivity index (χ1v) is 8.70. The predicted molar refractivity (Wildman–Crippen MR) is 90.5 cm³/mol. The third-order valence-electron chi connectivity index (χ3n) is 6.04. The van der Waals surface area contributed by atoms with Gasteiger partial charge >= 0.3 is 5.97 Å². The van der Waals surface area contributed by atoms with Crippen LogP contribution in [0.2, 0.25) is 0 Å². The highest BCUT2D eigenvalue weighted by Crippen LogP contribution is 2.53. The van der Waals surface area contributed by atoms with Gasteiger partial charge in [0.1, 0.15) is 0 Å². The van der Waals surface area contributed by atoms with Gasteiger partial charge in [-0.2, -0.15) is 0 Å². The van der Waals surface area contributed by atoms with Gasteiger partial charge in [-0.05, 0) is 43.9 Å². The lowest BCUT2D eigenvalue weighted by Gasteiger charge is -2.51. The van der Waals surface area contributed by atoms with Gasteiger partial charge < -0.3 is 10.1 Å². The average molecular weight is 312 g/mol. The Kier molecular flexibility index (Phi) is 3.45. The summed E-state index contributed by atoms with van der Waals surface area (Å²) in [5.74, 6) is -0.670. The van der Waals surface area contributed by atoms with Crippen LogP contribution in [0.1, 0.15) is 49.9 Å². The molecule has 0 spiro atoms. The highest BCUT2D eigenvalue weighted by molar-refractivity contribution is 5.85. The predicted octanol–water partition coefficient (Wildman–Crippen LogP) is 3.73. The lowest BCUT2D eigenvalue weighted by Crippen LogP contribution is -2.50. The number of carboxylic acid groups (broad SMARTS) is 1. The first-order valence-electron chi connectivity index (χ1n) is 8.70. The molecule has 2 unspecified atom stereocenters. The van der Waals surface area contributed by atoms with Crippen molar-refractivity contribution in [2.45, 2.75) is 45.1 Å². The second kappa shape index (κ2) is 5.38. The van der Waals surface area contributed by atoms with Crippen molar-refractivity contribution in [1.82, 2.24) is 9.88 Å². The number of H-pyrrole nitrogens is 1. The summed E-state index contributed by atoms with van der Waals surface area (Å²) in [5.41, 5.74) is 3.72. The van der Waals surface area contributed by atoms with Gasteiger partial charge in [0.15, 0.2) is 0 Å². The molecular weight excluding hydrogens is 288 g/mol. The Morgan fingerprint density at radius 3 is 3.00 bits per heavy atom. The maximum atomic E-state index is 11.6. The molecule has 0 aliphatic carbocycles. The molecule has 0 saturated carbocycles. The standard InChI is InChI=1S/C19H24N2O2/c1-2-19(12-16(22)23)9-5-10-21-11-8-14-13-6-3-4-7-15(13)20-17(14)18(19)21/h3-4,6-7,18,20H,2,5,8-12H2,1H3,(H,22,23). The molecule has 4 nitrogen and oxygen atoms in total. The summed E-state index contributed by atoms with van der Waals surface area (Å²) < 4.78 is 0. The number of carboxylic acids is 1. The van der Waals surface area contributed by atoms with Crippen molar-refractivity contribution >= 4 is 16.9 Å². The van der Waals surface area contributed by atoms with E-state index in [-0.39, 0.29) is 17.9 Å². The number of aromatic amines is 1. The van der Waals surface area contributed by atoms with Crippen LogP contribution in [0.4, 0.5) is 0 Å². The quantitative estimate of drug-likeness (QED) is 0.908. The maximum Gasteiger partial charge on any atom is 0.303 e. The van der Waals surface area contributed by atoms with E-state index >= 15 is 0 Å². The molecule has 122 valence electrons. The average Bonchev–Trinajstić information content (AvgIpc) is 2.92. The van der Waals surface area contributed by atoms with E-state index < -0.39 is 5.97 Å². The Bertz CT molecular complexity index is 751. The minimum atomic E-state index is -0.670. The molecule has 4 heteroatoms. The van der Waals surface area contributed by atoms with Gasteiger partial charge in [-0.15, -0.1) is 0 Å². The number of nitrogens with zero attached hydrogens (tertiary/aromatic N) is 1. The maximum absolute atomic E-state index is 11.6. The fraction of sp³-hybridized carbons (Fsp3) is 0.526. The van der Waals surface area contributed by atoms with Gasteiger partial charge in [-0.3, -0.25) is 9.69 Å². The minimum Gasteiger partial charge on any atom is -0.481 e. The van der Waals surface area contributed by atoms with Crippen molar-refractivity contribution in [2.24, 2.45) is 5.41 Å². The fourth-order valence-electron chi connectivity index (χ4n) is 4.98. The van der Waals surface area contributed by atoms with E-state index in [9.17, 15) is 9.90 Å². The molecule has 1 aromatic carbocycles. The Morgan fingerprint density at radius 1 is 1.39 bits per heavy atom. The zero-order valence-electron chi connectivity index (χ0n) is 13.6. The SMILES string of the molecule is CCC1(CC(=O)O)CCCN2CCc3c([nH]c4ccccc34)C21. The number of rotatable bonds is 3. The summed E-state index contributed by atoms with van der Waals surface area (Å²) >= 11 is 0. The first-order chi connectivity index (χ1) is 11.1. The van der Waals surface area contributed by atoms with Crippen molar-refractivity contribution in [3.63, 3.8) is 0 Å². The number of aromatic nitrogens is 1. The van der Waals surface area contributed by atoms with Crippen molar-refractivity contribution in [1.29, 1.82) is 0 Å². The Hall–Kier alpha value is -1.81. The van der Waals surface area contributed by atoms with Crippen LogP contribution in [0.5, 0.6) is 0 Å². The monoisotopic (exact) mass is 312 g/mol. The number of nitrogens with one attached hydrogen (secondary N) is 1. The third-order valence-corrected chi connectivity index (χ3v) is 6.04. The summed E-state index contributed by atoms with van der Waals surface area (Å²) in [6.07, 6.45) is 4.34. The van der Waals surface area contributed by atoms with E-state index in [2.05, 4.69) is 41.1 Å². The molecule has 1 saturated heterocycles. The molecule has 2 aliphatic heterocycles. The van der Waals surface area contributed by atoms with Crippen LogP contribution in [0.15, 0.2) is 24.3 Å². The lowest BCUT2D eigenvalue weighted by atomic mass is 9.66. The number of piperidine rings is 1. The number of hydrogen-bond acceptors (Lipinski definition) is 2. The van der Waals surface area contributed by atoms with Gasteiger partial charge in [0, 0.05) is 28.6 Å². The second-order valence-corrected chi connectivity index (χ2v) is 7.14. The molecule has 0 radical (unpaired) electrons. The molecule has 3 heterocycles. The molecule has 1 aromatic heterocycles. The van der Waals surface area contributed by atoms with Gasteiger partial charge in [0.05, 0.1) is 12.5 Å². The molecule has 2 aromatic rings. The second-order valence-electron chi connectivity index (χ2n) is 7.14. The number of hydrogen-bond donors (Lipinski definition) is 2. The van der Waals surface area contributed by atoms with E-state index in [1.165, 1.54) is 22.2 Å². The van der Waals surface area contributed by atoms with Crippen LogP contribution >= 0.6 is 0 Å². The molecule has 0 amide bonds. The number of carbonyl (C=O) groups is 1. The minimum absolute atomic E-state index is 0.153.